The Balaban J connectivity index is 1.55. The third-order valence-corrected chi connectivity index (χ3v) is 4.70. The fraction of sp³-hybridized carbons (Fsp3) is 0.174. The van der Waals surface area contributed by atoms with Gasteiger partial charge < -0.3 is 15.4 Å². The molecule has 0 aliphatic carbocycles. The molecular weight excluding hydrogens is 416 g/mol. The Morgan fingerprint density at radius 1 is 0.964 bits per heavy atom. The molecule has 3 rings (SSSR count). The first-order valence-electron chi connectivity index (χ1n) is 9.12. The molecule has 0 aliphatic heterocycles. The van der Waals surface area contributed by atoms with Crippen molar-refractivity contribution in [1.82, 2.24) is 5.32 Å². The third-order valence-electron chi connectivity index (χ3n) is 4.20. The molecular formula is C23H23BrN2O2. The molecule has 0 atom stereocenters. The van der Waals surface area contributed by atoms with E-state index in [-0.39, 0.29) is 12.5 Å². The second-order valence-corrected chi connectivity index (χ2v) is 7.46. The smallest absolute Gasteiger partial charge is 0.262 e. The molecule has 0 heterocycles. The topological polar surface area (TPSA) is 50.4 Å². The van der Waals surface area contributed by atoms with Gasteiger partial charge in [0.25, 0.3) is 5.91 Å². The number of benzene rings is 3. The van der Waals surface area contributed by atoms with Gasteiger partial charge in [-0.3, -0.25) is 4.79 Å². The number of amides is 1. The summed E-state index contributed by atoms with van der Waals surface area (Å²) in [5.74, 6) is 0.512. The monoisotopic (exact) mass is 438 g/mol. The van der Waals surface area contributed by atoms with Crippen LogP contribution < -0.4 is 15.4 Å². The van der Waals surface area contributed by atoms with Crippen molar-refractivity contribution in [2.75, 3.05) is 11.9 Å². The van der Waals surface area contributed by atoms with Crippen molar-refractivity contribution in [1.29, 1.82) is 0 Å². The minimum atomic E-state index is -0.185. The van der Waals surface area contributed by atoms with Crippen molar-refractivity contribution in [2.24, 2.45) is 0 Å². The van der Waals surface area contributed by atoms with Crippen LogP contribution in [0, 0.1) is 6.92 Å². The summed E-state index contributed by atoms with van der Waals surface area (Å²) in [6.07, 6.45) is 0. The van der Waals surface area contributed by atoms with Gasteiger partial charge in [0.2, 0.25) is 0 Å². The van der Waals surface area contributed by atoms with E-state index in [2.05, 4.69) is 38.7 Å². The van der Waals surface area contributed by atoms with E-state index in [1.807, 2.05) is 67.6 Å². The Bertz CT molecular complexity index is 912. The highest BCUT2D eigenvalue weighted by Gasteiger charge is 2.08. The van der Waals surface area contributed by atoms with E-state index in [1.54, 1.807) is 0 Å². The summed E-state index contributed by atoms with van der Waals surface area (Å²) in [4.78, 5) is 12.2. The Kier molecular flexibility index (Phi) is 7.23. The lowest BCUT2D eigenvalue weighted by Crippen LogP contribution is -2.21. The summed E-state index contributed by atoms with van der Waals surface area (Å²) in [5, 5.41) is 6.26. The maximum absolute atomic E-state index is 12.2. The molecule has 0 unspecified atom stereocenters. The highest BCUT2D eigenvalue weighted by molar-refractivity contribution is 9.10. The van der Waals surface area contributed by atoms with Crippen molar-refractivity contribution in [3.05, 3.63) is 94.0 Å². The van der Waals surface area contributed by atoms with Crippen LogP contribution in [0.5, 0.6) is 5.75 Å². The van der Waals surface area contributed by atoms with Crippen LogP contribution in [0.4, 0.5) is 5.69 Å². The van der Waals surface area contributed by atoms with Gasteiger partial charge in [-0.05, 0) is 42.8 Å². The van der Waals surface area contributed by atoms with E-state index in [1.165, 1.54) is 5.56 Å². The lowest BCUT2D eigenvalue weighted by molar-refractivity contribution is -0.118. The van der Waals surface area contributed by atoms with E-state index in [4.69, 9.17) is 4.74 Å². The second kappa shape index (κ2) is 10.1. The first kappa shape index (κ1) is 20.1. The molecule has 0 aromatic heterocycles. The van der Waals surface area contributed by atoms with Crippen molar-refractivity contribution in [3.8, 4) is 5.75 Å². The highest BCUT2D eigenvalue weighted by atomic mass is 79.9. The number of carbonyl (C=O) groups is 1. The van der Waals surface area contributed by atoms with Crippen LogP contribution >= 0.6 is 15.9 Å². The number of anilines is 1. The van der Waals surface area contributed by atoms with Gasteiger partial charge in [-0.15, -0.1) is 0 Å². The molecule has 1 amide bonds. The zero-order valence-electron chi connectivity index (χ0n) is 15.7. The summed E-state index contributed by atoms with van der Waals surface area (Å²) in [6, 6.07) is 23.7. The average molecular weight is 439 g/mol. The second-order valence-electron chi connectivity index (χ2n) is 6.54. The van der Waals surface area contributed by atoms with Gasteiger partial charge in [-0.1, -0.05) is 64.0 Å². The van der Waals surface area contributed by atoms with Gasteiger partial charge in [-0.25, -0.2) is 0 Å². The molecule has 0 aliphatic rings. The van der Waals surface area contributed by atoms with Crippen molar-refractivity contribution < 1.29 is 9.53 Å². The molecule has 144 valence electrons. The van der Waals surface area contributed by atoms with E-state index in [0.717, 1.165) is 27.8 Å². The Morgan fingerprint density at radius 2 is 1.71 bits per heavy atom. The maximum Gasteiger partial charge on any atom is 0.262 e. The largest absolute Gasteiger partial charge is 0.483 e. The zero-order valence-corrected chi connectivity index (χ0v) is 17.3. The molecule has 0 saturated heterocycles. The Hall–Kier alpha value is -2.63. The predicted molar refractivity (Wildman–Crippen MR) is 116 cm³/mol. The summed E-state index contributed by atoms with van der Waals surface area (Å²) in [5.41, 5.74) is 4.13. The van der Waals surface area contributed by atoms with Crippen LogP contribution in [-0.2, 0) is 17.9 Å². The van der Waals surface area contributed by atoms with Crippen LogP contribution in [0.2, 0.25) is 0 Å². The van der Waals surface area contributed by atoms with E-state index in [9.17, 15) is 4.79 Å². The molecule has 5 heteroatoms. The summed E-state index contributed by atoms with van der Waals surface area (Å²) in [6.45, 7) is 3.38. The zero-order chi connectivity index (χ0) is 19.8. The van der Waals surface area contributed by atoms with Crippen LogP contribution in [0.15, 0.2) is 77.3 Å². The van der Waals surface area contributed by atoms with E-state index >= 15 is 0 Å². The molecule has 0 saturated carbocycles. The molecule has 0 spiro atoms. The molecule has 0 radical (unpaired) electrons. The highest BCUT2D eigenvalue weighted by Crippen LogP contribution is 2.23. The Labute approximate surface area is 174 Å². The normalized spacial score (nSPS) is 10.5. The lowest BCUT2D eigenvalue weighted by Gasteiger charge is -2.13. The summed E-state index contributed by atoms with van der Waals surface area (Å²) >= 11 is 3.50. The SMILES string of the molecule is Cc1ccc(NC(=O)COc2ccc(Br)cc2CNCc2ccccc2)cc1. The molecule has 28 heavy (non-hydrogen) atoms. The molecule has 0 fully saturated rings. The van der Waals surface area contributed by atoms with E-state index in [0.29, 0.717) is 12.3 Å². The summed E-state index contributed by atoms with van der Waals surface area (Å²) < 4.78 is 6.75. The number of ether oxygens (including phenoxy) is 1. The van der Waals surface area contributed by atoms with E-state index < -0.39 is 0 Å². The van der Waals surface area contributed by atoms with Gasteiger partial charge in [-0.2, -0.15) is 0 Å². The first-order chi connectivity index (χ1) is 13.6. The number of hydrogen-bond donors (Lipinski definition) is 2. The summed E-state index contributed by atoms with van der Waals surface area (Å²) in [7, 11) is 0. The third kappa shape index (κ3) is 6.22. The van der Waals surface area contributed by atoms with Gasteiger partial charge >= 0.3 is 0 Å². The minimum Gasteiger partial charge on any atom is -0.483 e. The van der Waals surface area contributed by atoms with Crippen LogP contribution in [0.1, 0.15) is 16.7 Å². The average Bonchev–Trinajstić information content (AvgIpc) is 2.70. The standard InChI is InChI=1S/C23H23BrN2O2/c1-17-7-10-21(11-8-17)26-23(27)16-28-22-12-9-20(24)13-19(22)15-25-14-18-5-3-2-4-6-18/h2-13,25H,14-16H2,1H3,(H,26,27). The predicted octanol–water partition coefficient (Wildman–Crippen LogP) is 5.06. The number of rotatable bonds is 8. The first-order valence-corrected chi connectivity index (χ1v) is 9.92. The van der Waals surface area contributed by atoms with Crippen molar-refractivity contribution in [3.63, 3.8) is 0 Å². The maximum atomic E-state index is 12.2. The van der Waals surface area contributed by atoms with Gasteiger partial charge in [0, 0.05) is 28.8 Å². The molecule has 4 nitrogen and oxygen atoms in total. The molecule has 3 aromatic carbocycles. The van der Waals surface area contributed by atoms with Gasteiger partial charge in [0.1, 0.15) is 5.75 Å². The minimum absolute atomic E-state index is 0.0405. The fourth-order valence-corrected chi connectivity index (χ4v) is 3.15. The number of nitrogens with one attached hydrogen (secondary N) is 2. The Morgan fingerprint density at radius 3 is 2.46 bits per heavy atom. The number of carbonyl (C=O) groups excluding carboxylic acids is 1. The quantitative estimate of drug-likeness (QED) is 0.516. The molecule has 2 N–H and O–H groups in total. The number of halogens is 1. The van der Waals surface area contributed by atoms with Crippen LogP contribution in [0.3, 0.4) is 0 Å². The van der Waals surface area contributed by atoms with Crippen LogP contribution in [0.25, 0.3) is 0 Å². The molecule has 3 aromatic rings. The van der Waals surface area contributed by atoms with Gasteiger partial charge in [0.15, 0.2) is 6.61 Å². The molecule has 0 bridgehead atoms. The number of aryl methyl sites for hydroxylation is 1. The van der Waals surface area contributed by atoms with Crippen molar-refractivity contribution >= 4 is 27.5 Å². The number of hydrogen-bond acceptors (Lipinski definition) is 3. The lowest BCUT2D eigenvalue weighted by atomic mass is 10.2. The van der Waals surface area contributed by atoms with Crippen molar-refractivity contribution in [2.45, 2.75) is 20.0 Å². The fourth-order valence-electron chi connectivity index (χ4n) is 2.74. The van der Waals surface area contributed by atoms with Crippen LogP contribution in [-0.4, -0.2) is 12.5 Å². The van der Waals surface area contributed by atoms with Gasteiger partial charge in [0.05, 0.1) is 0 Å².